The number of benzene rings is 1. The Morgan fingerprint density at radius 1 is 1.32 bits per heavy atom. The molecule has 25 heavy (non-hydrogen) atoms. The summed E-state index contributed by atoms with van der Waals surface area (Å²) < 4.78 is 34.9. The monoisotopic (exact) mass is 379 g/mol. The maximum Gasteiger partial charge on any atom is 0.338 e. The normalized spacial score (nSPS) is 11.2. The van der Waals surface area contributed by atoms with Gasteiger partial charge in [0.2, 0.25) is 15.8 Å². The summed E-state index contributed by atoms with van der Waals surface area (Å²) in [6, 6.07) is 9.70. The van der Waals surface area contributed by atoms with Gasteiger partial charge in [-0.2, -0.15) is 4.98 Å². The lowest BCUT2D eigenvalue weighted by Gasteiger charge is -2.06. The lowest BCUT2D eigenvalue weighted by molar-refractivity contribution is 0.0430. The van der Waals surface area contributed by atoms with E-state index in [1.807, 2.05) is 17.5 Å². The van der Waals surface area contributed by atoms with Crippen LogP contribution in [0, 0.1) is 0 Å². The number of hydrogen-bond donors (Lipinski definition) is 1. The van der Waals surface area contributed by atoms with Gasteiger partial charge >= 0.3 is 5.97 Å². The Balaban J connectivity index is 1.64. The standard InChI is InChI=1S/C15H13N3O5S2/c1-25(20,21)18-11-5-2-4-10(8-11)15(19)22-9-13-16-14(17-23-13)12-6-3-7-24-12/h2-8,18H,9H2,1H3. The van der Waals surface area contributed by atoms with Crippen molar-refractivity contribution < 1.29 is 22.5 Å². The Morgan fingerprint density at radius 3 is 2.88 bits per heavy atom. The largest absolute Gasteiger partial charge is 0.452 e. The number of aromatic nitrogens is 2. The molecule has 3 aromatic rings. The summed E-state index contributed by atoms with van der Waals surface area (Å²) >= 11 is 1.47. The quantitative estimate of drug-likeness (QED) is 0.655. The van der Waals surface area contributed by atoms with Gasteiger partial charge < -0.3 is 9.26 Å². The lowest BCUT2D eigenvalue weighted by atomic mass is 10.2. The average Bonchev–Trinajstić information content (AvgIpc) is 3.22. The number of thiophene rings is 1. The predicted molar refractivity (Wildman–Crippen MR) is 91.6 cm³/mol. The van der Waals surface area contributed by atoms with Crippen molar-refractivity contribution in [2.75, 3.05) is 11.0 Å². The molecule has 0 fully saturated rings. The number of esters is 1. The number of carbonyl (C=O) groups is 1. The molecule has 10 heteroatoms. The average molecular weight is 379 g/mol. The van der Waals surface area contributed by atoms with Crippen molar-refractivity contribution in [1.82, 2.24) is 10.1 Å². The lowest BCUT2D eigenvalue weighted by Crippen LogP contribution is -2.11. The van der Waals surface area contributed by atoms with Crippen LogP contribution in [0.2, 0.25) is 0 Å². The highest BCUT2D eigenvalue weighted by Gasteiger charge is 2.14. The summed E-state index contributed by atoms with van der Waals surface area (Å²) in [4.78, 5) is 17.1. The van der Waals surface area contributed by atoms with E-state index in [2.05, 4.69) is 14.9 Å². The zero-order chi connectivity index (χ0) is 17.9. The van der Waals surface area contributed by atoms with Gasteiger partial charge in [-0.05, 0) is 29.6 Å². The SMILES string of the molecule is CS(=O)(=O)Nc1cccc(C(=O)OCc2nc(-c3cccs3)no2)c1. The van der Waals surface area contributed by atoms with Gasteiger partial charge in [0.05, 0.1) is 16.7 Å². The number of nitrogens with zero attached hydrogens (tertiary/aromatic N) is 2. The molecule has 1 N–H and O–H groups in total. The Bertz CT molecular complexity index is 980. The fourth-order valence-corrected chi connectivity index (χ4v) is 3.16. The third-order valence-corrected chi connectivity index (χ3v) is 4.41. The zero-order valence-electron chi connectivity index (χ0n) is 13.0. The molecule has 8 nitrogen and oxygen atoms in total. The molecule has 0 saturated heterocycles. The number of sulfonamides is 1. The molecular weight excluding hydrogens is 366 g/mol. The van der Waals surface area contributed by atoms with Gasteiger partial charge in [0.25, 0.3) is 5.89 Å². The van der Waals surface area contributed by atoms with Crippen molar-refractivity contribution in [1.29, 1.82) is 0 Å². The third kappa shape index (κ3) is 4.64. The maximum atomic E-state index is 12.1. The molecule has 0 unspecified atom stereocenters. The number of anilines is 1. The van der Waals surface area contributed by atoms with Crippen LogP contribution in [0.4, 0.5) is 5.69 Å². The zero-order valence-corrected chi connectivity index (χ0v) is 14.6. The molecule has 1 aromatic carbocycles. The van der Waals surface area contributed by atoms with Crippen molar-refractivity contribution >= 4 is 33.0 Å². The number of ether oxygens (including phenoxy) is 1. The molecule has 0 aliphatic carbocycles. The van der Waals surface area contributed by atoms with Crippen LogP contribution in [-0.2, 0) is 21.4 Å². The first-order chi connectivity index (χ1) is 11.9. The number of carbonyl (C=O) groups excluding carboxylic acids is 1. The van der Waals surface area contributed by atoms with Crippen LogP contribution in [0.3, 0.4) is 0 Å². The van der Waals surface area contributed by atoms with Gasteiger partial charge in [0, 0.05) is 5.69 Å². The first-order valence-electron chi connectivity index (χ1n) is 7.02. The van der Waals surface area contributed by atoms with Gasteiger partial charge in [-0.1, -0.05) is 17.3 Å². The van der Waals surface area contributed by atoms with E-state index in [0.717, 1.165) is 11.1 Å². The van der Waals surface area contributed by atoms with Crippen molar-refractivity contribution in [2.24, 2.45) is 0 Å². The highest BCUT2D eigenvalue weighted by atomic mass is 32.2. The second-order valence-corrected chi connectivity index (χ2v) is 7.72. The molecule has 0 atom stereocenters. The van der Waals surface area contributed by atoms with Crippen LogP contribution >= 0.6 is 11.3 Å². The summed E-state index contributed by atoms with van der Waals surface area (Å²) in [5.74, 6) is -0.0319. The predicted octanol–water partition coefficient (Wildman–Crippen LogP) is 2.53. The van der Waals surface area contributed by atoms with Crippen LogP contribution in [0.15, 0.2) is 46.3 Å². The Kier molecular flexibility index (Phi) is 4.81. The third-order valence-electron chi connectivity index (χ3n) is 2.94. The highest BCUT2D eigenvalue weighted by Crippen LogP contribution is 2.21. The van der Waals surface area contributed by atoms with E-state index in [-0.39, 0.29) is 23.7 Å². The topological polar surface area (TPSA) is 111 Å². The molecule has 0 amide bonds. The number of nitrogens with one attached hydrogen (secondary N) is 1. The summed E-state index contributed by atoms with van der Waals surface area (Å²) in [6.45, 7) is -0.180. The van der Waals surface area contributed by atoms with Gasteiger partial charge in [0.15, 0.2) is 6.61 Å². The Morgan fingerprint density at radius 2 is 2.16 bits per heavy atom. The Labute approximate surface area is 147 Å². The fraction of sp³-hybridized carbons (Fsp3) is 0.133. The molecule has 0 saturated carbocycles. The van der Waals surface area contributed by atoms with Gasteiger partial charge in [0.1, 0.15) is 0 Å². The molecule has 2 heterocycles. The van der Waals surface area contributed by atoms with Gasteiger partial charge in [-0.25, -0.2) is 13.2 Å². The highest BCUT2D eigenvalue weighted by molar-refractivity contribution is 7.92. The van der Waals surface area contributed by atoms with E-state index in [0.29, 0.717) is 5.82 Å². The van der Waals surface area contributed by atoms with E-state index >= 15 is 0 Å². The smallest absolute Gasteiger partial charge is 0.338 e. The van der Waals surface area contributed by atoms with Gasteiger partial charge in [-0.3, -0.25) is 4.72 Å². The van der Waals surface area contributed by atoms with Crippen LogP contribution < -0.4 is 4.72 Å². The molecule has 130 valence electrons. The van der Waals surface area contributed by atoms with E-state index < -0.39 is 16.0 Å². The molecule has 0 radical (unpaired) electrons. The van der Waals surface area contributed by atoms with Crippen molar-refractivity contribution in [3.8, 4) is 10.7 Å². The van der Waals surface area contributed by atoms with E-state index in [1.54, 1.807) is 6.07 Å². The van der Waals surface area contributed by atoms with Gasteiger partial charge in [-0.15, -0.1) is 11.3 Å². The minimum absolute atomic E-state index is 0.169. The summed E-state index contributed by atoms with van der Waals surface area (Å²) in [5, 5.41) is 5.71. The summed E-state index contributed by atoms with van der Waals surface area (Å²) in [7, 11) is -3.43. The molecule has 0 aliphatic heterocycles. The van der Waals surface area contributed by atoms with Crippen molar-refractivity contribution in [3.05, 3.63) is 53.2 Å². The molecule has 2 aromatic heterocycles. The second-order valence-electron chi connectivity index (χ2n) is 5.02. The van der Waals surface area contributed by atoms with Crippen LogP contribution in [0.1, 0.15) is 16.2 Å². The number of hydrogen-bond acceptors (Lipinski definition) is 8. The molecule has 3 rings (SSSR count). The van der Waals surface area contributed by atoms with E-state index in [9.17, 15) is 13.2 Å². The van der Waals surface area contributed by atoms with Crippen LogP contribution in [0.25, 0.3) is 10.7 Å². The number of rotatable bonds is 6. The second kappa shape index (κ2) is 7.03. The van der Waals surface area contributed by atoms with E-state index in [1.165, 1.54) is 29.5 Å². The fourth-order valence-electron chi connectivity index (χ4n) is 1.95. The summed E-state index contributed by atoms with van der Waals surface area (Å²) in [6.07, 6.45) is 1.03. The van der Waals surface area contributed by atoms with Crippen LogP contribution in [0.5, 0.6) is 0 Å². The molecular formula is C15H13N3O5S2. The van der Waals surface area contributed by atoms with Crippen LogP contribution in [-0.4, -0.2) is 30.8 Å². The minimum atomic E-state index is -3.43. The molecule has 0 spiro atoms. The Hall–Kier alpha value is -2.72. The van der Waals surface area contributed by atoms with Crippen molar-refractivity contribution in [2.45, 2.75) is 6.61 Å². The van der Waals surface area contributed by atoms with Crippen molar-refractivity contribution in [3.63, 3.8) is 0 Å². The maximum absolute atomic E-state index is 12.1. The van der Waals surface area contributed by atoms with E-state index in [4.69, 9.17) is 9.26 Å². The molecule has 0 bridgehead atoms. The first kappa shape index (κ1) is 17.1. The first-order valence-corrected chi connectivity index (χ1v) is 9.79. The minimum Gasteiger partial charge on any atom is -0.452 e. The molecule has 0 aliphatic rings. The summed E-state index contributed by atoms with van der Waals surface area (Å²) in [5.41, 5.74) is 0.473.